The molecular formula is C13H22N4O. The molecule has 18 heavy (non-hydrogen) atoms. The van der Waals surface area contributed by atoms with Crippen LogP contribution in [0.15, 0.2) is 6.07 Å². The van der Waals surface area contributed by atoms with E-state index in [-0.39, 0.29) is 18.0 Å². The number of nitrogens with one attached hydrogen (secondary N) is 1. The molecule has 3 N–H and O–H groups in total. The molecule has 1 rings (SSSR count). The van der Waals surface area contributed by atoms with Gasteiger partial charge in [-0.3, -0.25) is 4.79 Å². The molecule has 5 heteroatoms. The fraction of sp³-hybridized carbons (Fsp3) is 0.615. The number of rotatable bonds is 5. The molecule has 0 radical (unpaired) electrons. The first kappa shape index (κ1) is 14.6. The number of amides is 1. The fourth-order valence-corrected chi connectivity index (χ4v) is 1.89. The van der Waals surface area contributed by atoms with Crippen LogP contribution in [0.2, 0.25) is 0 Å². The van der Waals surface area contributed by atoms with Crippen LogP contribution in [0.1, 0.15) is 48.9 Å². The minimum Gasteiger partial charge on any atom is -0.349 e. The highest BCUT2D eigenvalue weighted by Gasteiger charge is 2.15. The molecule has 0 aliphatic carbocycles. The van der Waals surface area contributed by atoms with E-state index in [1.54, 1.807) is 6.07 Å². The zero-order valence-corrected chi connectivity index (χ0v) is 11.5. The van der Waals surface area contributed by atoms with Gasteiger partial charge in [-0.2, -0.15) is 10.2 Å². The van der Waals surface area contributed by atoms with E-state index in [0.717, 1.165) is 17.8 Å². The largest absolute Gasteiger partial charge is 0.349 e. The lowest BCUT2D eigenvalue weighted by Crippen LogP contribution is -2.37. The van der Waals surface area contributed by atoms with Gasteiger partial charge >= 0.3 is 0 Å². The maximum Gasteiger partial charge on any atom is 0.253 e. The van der Waals surface area contributed by atoms with Crippen molar-refractivity contribution < 1.29 is 4.79 Å². The van der Waals surface area contributed by atoms with Gasteiger partial charge in [0, 0.05) is 12.1 Å². The molecule has 0 aliphatic rings. The predicted molar refractivity (Wildman–Crippen MR) is 71.3 cm³/mol. The van der Waals surface area contributed by atoms with Crippen LogP contribution >= 0.6 is 0 Å². The lowest BCUT2D eigenvalue weighted by molar-refractivity contribution is 0.0936. The normalized spacial score (nSPS) is 14.1. The van der Waals surface area contributed by atoms with Crippen LogP contribution in [0, 0.1) is 6.92 Å². The smallest absolute Gasteiger partial charge is 0.253 e. The molecule has 0 saturated heterocycles. The molecule has 0 fully saturated rings. The molecule has 2 unspecified atom stereocenters. The second-order valence-electron chi connectivity index (χ2n) is 4.79. The molecule has 2 atom stereocenters. The summed E-state index contributed by atoms with van der Waals surface area (Å²) in [5.41, 5.74) is 7.80. The Labute approximate surface area is 108 Å². The predicted octanol–water partition coefficient (Wildman–Crippen LogP) is 1.20. The summed E-state index contributed by atoms with van der Waals surface area (Å²) in [6, 6.07) is 1.90. The van der Waals surface area contributed by atoms with E-state index < -0.39 is 0 Å². The van der Waals surface area contributed by atoms with Crippen LogP contribution in [0.3, 0.4) is 0 Å². The van der Waals surface area contributed by atoms with Gasteiger partial charge in [0.15, 0.2) is 0 Å². The Kier molecular flexibility index (Phi) is 5.22. The van der Waals surface area contributed by atoms with Crippen LogP contribution in [0.5, 0.6) is 0 Å². The molecule has 0 aliphatic heterocycles. The molecule has 1 aromatic heterocycles. The van der Waals surface area contributed by atoms with Crippen molar-refractivity contribution in [1.29, 1.82) is 0 Å². The third-order valence-corrected chi connectivity index (χ3v) is 2.67. The monoisotopic (exact) mass is 250 g/mol. The van der Waals surface area contributed by atoms with Gasteiger partial charge in [0.2, 0.25) is 0 Å². The first-order valence-electron chi connectivity index (χ1n) is 6.33. The maximum atomic E-state index is 12.1. The average Bonchev–Trinajstić information content (AvgIpc) is 2.27. The molecule has 1 amide bonds. The van der Waals surface area contributed by atoms with Gasteiger partial charge < -0.3 is 11.1 Å². The van der Waals surface area contributed by atoms with Gasteiger partial charge in [0.25, 0.3) is 5.91 Å². The number of hydrogen-bond acceptors (Lipinski definition) is 4. The Balaban J connectivity index is 2.80. The Bertz CT molecular complexity index is 417. The minimum absolute atomic E-state index is 0.0516. The minimum atomic E-state index is -0.0991. The highest BCUT2D eigenvalue weighted by atomic mass is 16.1. The first-order chi connectivity index (χ1) is 8.43. The molecule has 0 aromatic carbocycles. The van der Waals surface area contributed by atoms with Crippen molar-refractivity contribution in [3.63, 3.8) is 0 Å². The number of carbonyl (C=O) groups is 1. The lowest BCUT2D eigenvalue weighted by Gasteiger charge is -2.16. The number of nitrogens with two attached hydrogens (primary N) is 1. The third-order valence-electron chi connectivity index (χ3n) is 2.67. The molecular weight excluding hydrogens is 228 g/mol. The molecule has 100 valence electrons. The topological polar surface area (TPSA) is 80.9 Å². The fourth-order valence-electron chi connectivity index (χ4n) is 1.89. The quantitative estimate of drug-likeness (QED) is 0.823. The summed E-state index contributed by atoms with van der Waals surface area (Å²) in [5.74, 6) is -0.0991. The molecule has 1 heterocycles. The number of nitrogens with zero attached hydrogens (tertiary/aromatic N) is 2. The van der Waals surface area contributed by atoms with Crippen LogP contribution in [0.4, 0.5) is 0 Å². The van der Waals surface area contributed by atoms with E-state index in [1.807, 2.05) is 27.7 Å². The highest BCUT2D eigenvalue weighted by molar-refractivity contribution is 5.95. The average molecular weight is 250 g/mol. The van der Waals surface area contributed by atoms with Crippen LogP contribution < -0.4 is 11.1 Å². The summed E-state index contributed by atoms with van der Waals surface area (Å²) in [6.07, 6.45) is 1.45. The zero-order valence-electron chi connectivity index (χ0n) is 11.5. The van der Waals surface area contributed by atoms with Crippen LogP contribution in [0.25, 0.3) is 0 Å². The van der Waals surface area contributed by atoms with Gasteiger partial charge in [0.1, 0.15) is 0 Å². The van der Waals surface area contributed by atoms with Crippen LogP contribution in [-0.4, -0.2) is 28.2 Å². The second kappa shape index (κ2) is 6.44. The van der Waals surface area contributed by atoms with Gasteiger partial charge in [-0.25, -0.2) is 0 Å². The van der Waals surface area contributed by atoms with E-state index in [0.29, 0.717) is 12.0 Å². The van der Waals surface area contributed by atoms with E-state index in [2.05, 4.69) is 15.5 Å². The van der Waals surface area contributed by atoms with E-state index in [4.69, 9.17) is 5.73 Å². The van der Waals surface area contributed by atoms with Gasteiger partial charge in [0.05, 0.1) is 17.0 Å². The van der Waals surface area contributed by atoms with Crippen molar-refractivity contribution in [3.8, 4) is 0 Å². The van der Waals surface area contributed by atoms with Gasteiger partial charge in [-0.05, 0) is 39.7 Å². The number of carbonyl (C=O) groups excluding carboxylic acids is 1. The summed E-state index contributed by atoms with van der Waals surface area (Å²) in [7, 11) is 0. The number of hydrogen-bond donors (Lipinski definition) is 2. The molecule has 0 saturated carbocycles. The van der Waals surface area contributed by atoms with Gasteiger partial charge in [-0.1, -0.05) is 6.92 Å². The van der Waals surface area contributed by atoms with Gasteiger partial charge in [-0.15, -0.1) is 0 Å². The Hall–Kier alpha value is -1.49. The number of aromatic nitrogens is 2. The summed E-state index contributed by atoms with van der Waals surface area (Å²) in [4.78, 5) is 12.1. The molecule has 0 spiro atoms. The first-order valence-corrected chi connectivity index (χ1v) is 6.33. The van der Waals surface area contributed by atoms with Crippen LogP contribution in [-0.2, 0) is 6.42 Å². The summed E-state index contributed by atoms with van der Waals surface area (Å²) < 4.78 is 0. The summed E-state index contributed by atoms with van der Waals surface area (Å²) >= 11 is 0. The van der Waals surface area contributed by atoms with Crippen molar-refractivity contribution in [2.24, 2.45) is 5.73 Å². The summed E-state index contributed by atoms with van der Waals surface area (Å²) in [5, 5.41) is 11.0. The standard InChI is InChI=1S/C13H22N4O/c1-5-12-11(7-10(4)16-17-12)13(18)15-9(3)6-8(2)14/h7-9H,5-6,14H2,1-4H3,(H,15,18). The maximum absolute atomic E-state index is 12.1. The van der Waals surface area contributed by atoms with E-state index in [9.17, 15) is 4.79 Å². The molecule has 5 nitrogen and oxygen atoms in total. The molecule has 1 aromatic rings. The van der Waals surface area contributed by atoms with Crippen molar-refractivity contribution in [3.05, 3.63) is 23.0 Å². The van der Waals surface area contributed by atoms with Crippen molar-refractivity contribution >= 4 is 5.91 Å². The Morgan fingerprint density at radius 2 is 2.11 bits per heavy atom. The van der Waals surface area contributed by atoms with Crippen molar-refractivity contribution in [2.45, 2.75) is 52.6 Å². The second-order valence-corrected chi connectivity index (χ2v) is 4.79. The Morgan fingerprint density at radius 3 is 2.67 bits per heavy atom. The third kappa shape index (κ3) is 4.07. The molecule has 0 bridgehead atoms. The van der Waals surface area contributed by atoms with E-state index >= 15 is 0 Å². The number of aryl methyl sites for hydroxylation is 2. The van der Waals surface area contributed by atoms with E-state index in [1.165, 1.54) is 0 Å². The highest BCUT2D eigenvalue weighted by Crippen LogP contribution is 2.08. The van der Waals surface area contributed by atoms with Crippen molar-refractivity contribution in [1.82, 2.24) is 15.5 Å². The lowest BCUT2D eigenvalue weighted by atomic mass is 10.1. The van der Waals surface area contributed by atoms with Crippen molar-refractivity contribution in [2.75, 3.05) is 0 Å². The Morgan fingerprint density at radius 1 is 1.44 bits per heavy atom. The summed E-state index contributed by atoms with van der Waals surface area (Å²) in [6.45, 7) is 7.67. The zero-order chi connectivity index (χ0) is 13.7. The SMILES string of the molecule is CCc1nnc(C)cc1C(=O)NC(C)CC(C)N.